The van der Waals surface area contributed by atoms with Crippen molar-refractivity contribution in [2.75, 3.05) is 0 Å². The lowest BCUT2D eigenvalue weighted by atomic mass is 10.1. The van der Waals surface area contributed by atoms with Crippen molar-refractivity contribution in [2.45, 2.75) is 46.2 Å². The Bertz CT molecular complexity index is 1760. The van der Waals surface area contributed by atoms with Crippen LogP contribution in [0.25, 0.3) is 28.0 Å². The van der Waals surface area contributed by atoms with Crippen molar-refractivity contribution in [3.05, 3.63) is 117 Å². The van der Waals surface area contributed by atoms with E-state index in [4.69, 9.17) is 0 Å². The molecule has 0 bridgehead atoms. The number of hydrogen-bond donors (Lipinski definition) is 0. The van der Waals surface area contributed by atoms with Crippen LogP contribution < -0.4 is 5.56 Å². The highest BCUT2D eigenvalue weighted by molar-refractivity contribution is 5.83. The summed E-state index contributed by atoms with van der Waals surface area (Å²) in [5, 5.41) is 4.80. The minimum Gasteiger partial charge on any atom is -0.318 e. The van der Waals surface area contributed by atoms with E-state index in [0.717, 1.165) is 58.7 Å². The van der Waals surface area contributed by atoms with Crippen LogP contribution in [0.1, 0.15) is 47.8 Å². The second kappa shape index (κ2) is 11.0. The Hall–Kier alpha value is -4.46. The zero-order valence-corrected chi connectivity index (χ0v) is 22.5. The van der Waals surface area contributed by atoms with Gasteiger partial charge in [-0.2, -0.15) is 22.9 Å². The van der Waals surface area contributed by atoms with Crippen molar-refractivity contribution >= 4 is 17.1 Å². The van der Waals surface area contributed by atoms with Gasteiger partial charge in [-0.3, -0.25) is 4.79 Å². The summed E-state index contributed by atoms with van der Waals surface area (Å²) in [7, 11) is 0. The molecule has 8 heteroatoms. The number of nitrogens with zero attached hydrogens (tertiary/aromatic N) is 4. The van der Waals surface area contributed by atoms with E-state index in [1.165, 1.54) is 17.7 Å². The fraction of sp³-hybridized carbons (Fsp3) is 0.219. The van der Waals surface area contributed by atoms with Gasteiger partial charge in [0, 0.05) is 28.2 Å². The molecule has 204 valence electrons. The monoisotopic (exact) mass is 542 g/mol. The van der Waals surface area contributed by atoms with E-state index in [0.29, 0.717) is 10.9 Å². The molecular weight excluding hydrogens is 513 g/mol. The number of benzene rings is 3. The first-order valence-corrected chi connectivity index (χ1v) is 13.2. The van der Waals surface area contributed by atoms with E-state index in [2.05, 4.69) is 45.8 Å². The summed E-state index contributed by atoms with van der Waals surface area (Å²) in [6.45, 7) is 6.14. The van der Waals surface area contributed by atoms with Gasteiger partial charge in [-0.05, 0) is 74.7 Å². The average Bonchev–Trinajstić information content (AvgIpc) is 3.23. The van der Waals surface area contributed by atoms with Crippen LogP contribution in [0, 0.1) is 13.8 Å². The van der Waals surface area contributed by atoms with Gasteiger partial charge in [-0.15, -0.1) is 0 Å². The van der Waals surface area contributed by atoms with Crippen LogP contribution in [0.2, 0.25) is 0 Å². The van der Waals surface area contributed by atoms with Crippen molar-refractivity contribution < 1.29 is 13.2 Å². The average molecular weight is 543 g/mol. The van der Waals surface area contributed by atoms with Crippen LogP contribution in [0.15, 0.2) is 88.8 Å². The molecule has 0 N–H and O–H groups in total. The molecule has 0 aliphatic heterocycles. The highest BCUT2D eigenvalue weighted by Crippen LogP contribution is 2.32. The zero-order chi connectivity index (χ0) is 28.4. The Labute approximate surface area is 230 Å². The van der Waals surface area contributed by atoms with E-state index in [1.54, 1.807) is 30.5 Å². The summed E-state index contributed by atoms with van der Waals surface area (Å²) in [5.74, 6) is 0.0301. The van der Waals surface area contributed by atoms with Gasteiger partial charge in [0.05, 0.1) is 22.7 Å². The molecule has 2 heterocycles. The molecule has 0 saturated carbocycles. The Kier molecular flexibility index (Phi) is 7.43. The van der Waals surface area contributed by atoms with Crippen molar-refractivity contribution in [3.8, 4) is 17.1 Å². The van der Waals surface area contributed by atoms with Crippen molar-refractivity contribution in [2.24, 2.45) is 5.10 Å². The summed E-state index contributed by atoms with van der Waals surface area (Å²) < 4.78 is 43.6. The van der Waals surface area contributed by atoms with Crippen LogP contribution in [-0.4, -0.2) is 20.4 Å². The molecular formula is C32H29F3N4O. The lowest BCUT2D eigenvalue weighted by molar-refractivity contribution is -0.137. The number of alkyl halides is 3. The van der Waals surface area contributed by atoms with E-state index in [9.17, 15) is 18.0 Å². The van der Waals surface area contributed by atoms with Crippen LogP contribution in [0.3, 0.4) is 0 Å². The quantitative estimate of drug-likeness (QED) is 0.198. The summed E-state index contributed by atoms with van der Waals surface area (Å²) >= 11 is 0. The first-order chi connectivity index (χ1) is 19.2. The topological polar surface area (TPSA) is 52.2 Å². The standard InChI is InChI=1S/C32H29F3N4O/c1-4-5-9-23-14-16-27(17-15-23)38-21(2)18-25(22(38)3)20-36-39-30(24-10-8-11-26(19-24)32(33,34)35)37-29-13-7-6-12-28(29)31(39)40/h6-8,10-20H,4-5,9H2,1-3H3. The summed E-state index contributed by atoms with van der Waals surface area (Å²) in [6, 6.07) is 21.9. The van der Waals surface area contributed by atoms with Gasteiger partial charge < -0.3 is 4.57 Å². The molecule has 0 aliphatic carbocycles. The molecule has 5 nitrogen and oxygen atoms in total. The molecule has 5 rings (SSSR count). The second-order valence-electron chi connectivity index (χ2n) is 9.82. The number of halogens is 3. The molecule has 0 fully saturated rings. The number of hydrogen-bond acceptors (Lipinski definition) is 3. The van der Waals surface area contributed by atoms with Crippen LogP contribution in [-0.2, 0) is 12.6 Å². The summed E-state index contributed by atoms with van der Waals surface area (Å²) in [5.41, 5.74) is 4.23. The molecule has 0 atom stereocenters. The molecule has 2 aromatic heterocycles. The molecule has 3 aromatic carbocycles. The maximum atomic E-state index is 13.5. The maximum Gasteiger partial charge on any atom is 0.416 e. The molecule has 0 aliphatic rings. The number of aryl methyl sites for hydroxylation is 2. The SMILES string of the molecule is CCCCc1ccc(-n2c(C)cc(C=Nn3c(-c4cccc(C(F)(F)F)c4)nc4ccccc4c3=O)c2C)cc1. The third-order valence-corrected chi connectivity index (χ3v) is 7.00. The number of fused-ring (bicyclic) bond motifs is 1. The van der Waals surface area contributed by atoms with Crippen LogP contribution >= 0.6 is 0 Å². The highest BCUT2D eigenvalue weighted by Gasteiger charge is 2.31. The lowest BCUT2D eigenvalue weighted by Gasteiger charge is -2.12. The highest BCUT2D eigenvalue weighted by atomic mass is 19.4. The van der Waals surface area contributed by atoms with Crippen LogP contribution in [0.4, 0.5) is 13.2 Å². The number of rotatable bonds is 7. The van der Waals surface area contributed by atoms with E-state index in [1.807, 2.05) is 19.9 Å². The molecule has 0 amide bonds. The van der Waals surface area contributed by atoms with E-state index >= 15 is 0 Å². The van der Waals surface area contributed by atoms with Crippen molar-refractivity contribution in [1.82, 2.24) is 14.2 Å². The fourth-order valence-corrected chi connectivity index (χ4v) is 4.88. The fourth-order valence-electron chi connectivity index (χ4n) is 4.88. The minimum absolute atomic E-state index is 0.0301. The minimum atomic E-state index is -4.53. The van der Waals surface area contributed by atoms with Crippen molar-refractivity contribution in [1.29, 1.82) is 0 Å². The molecule has 0 radical (unpaired) electrons. The Morgan fingerprint density at radius 3 is 2.42 bits per heavy atom. The summed E-state index contributed by atoms with van der Waals surface area (Å²) in [6.07, 6.45) is 0.357. The zero-order valence-electron chi connectivity index (χ0n) is 22.5. The first kappa shape index (κ1) is 27.1. The maximum absolute atomic E-state index is 13.5. The third kappa shape index (κ3) is 5.34. The van der Waals surface area contributed by atoms with Gasteiger partial charge in [0.15, 0.2) is 5.82 Å². The summed E-state index contributed by atoms with van der Waals surface area (Å²) in [4.78, 5) is 18.0. The predicted octanol–water partition coefficient (Wildman–Crippen LogP) is 7.71. The molecule has 40 heavy (non-hydrogen) atoms. The smallest absolute Gasteiger partial charge is 0.318 e. The Morgan fingerprint density at radius 1 is 0.950 bits per heavy atom. The Morgan fingerprint density at radius 2 is 1.70 bits per heavy atom. The predicted molar refractivity (Wildman–Crippen MR) is 153 cm³/mol. The Balaban J connectivity index is 1.59. The van der Waals surface area contributed by atoms with Gasteiger partial charge in [0.1, 0.15) is 0 Å². The molecule has 5 aromatic rings. The molecule has 0 saturated heterocycles. The molecule has 0 unspecified atom stereocenters. The second-order valence-corrected chi connectivity index (χ2v) is 9.82. The van der Waals surface area contributed by atoms with Crippen molar-refractivity contribution in [3.63, 3.8) is 0 Å². The third-order valence-electron chi connectivity index (χ3n) is 7.00. The number of unbranched alkanes of at least 4 members (excludes halogenated alkanes) is 1. The van der Waals surface area contributed by atoms with Crippen LogP contribution in [0.5, 0.6) is 0 Å². The lowest BCUT2D eigenvalue weighted by Crippen LogP contribution is -2.20. The van der Waals surface area contributed by atoms with Gasteiger partial charge >= 0.3 is 6.18 Å². The van der Waals surface area contributed by atoms with Gasteiger partial charge in [-0.1, -0.05) is 49.7 Å². The number of aromatic nitrogens is 3. The first-order valence-electron chi connectivity index (χ1n) is 13.2. The largest absolute Gasteiger partial charge is 0.416 e. The van der Waals surface area contributed by atoms with E-state index < -0.39 is 17.3 Å². The van der Waals surface area contributed by atoms with Gasteiger partial charge in [0.2, 0.25) is 0 Å². The normalized spacial score (nSPS) is 12.1. The van der Waals surface area contributed by atoms with Gasteiger partial charge in [0.25, 0.3) is 5.56 Å². The number of para-hydroxylation sites is 1. The van der Waals surface area contributed by atoms with Gasteiger partial charge in [-0.25, -0.2) is 4.98 Å². The van der Waals surface area contributed by atoms with E-state index in [-0.39, 0.29) is 11.4 Å². The molecule has 0 spiro atoms.